The van der Waals surface area contributed by atoms with Gasteiger partial charge in [-0.2, -0.15) is 0 Å². The van der Waals surface area contributed by atoms with Crippen LogP contribution in [0.2, 0.25) is 5.02 Å². The molecule has 0 radical (unpaired) electrons. The van der Waals surface area contributed by atoms with E-state index in [0.717, 1.165) is 21.5 Å². The Morgan fingerprint density at radius 3 is 2.42 bits per heavy atom. The number of nitrogens with zero attached hydrogens (tertiary/aromatic N) is 1. The molecule has 0 heterocycles. The summed E-state index contributed by atoms with van der Waals surface area (Å²) in [4.78, 5) is 4.31. The fourth-order valence-corrected chi connectivity index (χ4v) is 2.76. The van der Waals surface area contributed by atoms with Crippen molar-refractivity contribution >= 4 is 63.2 Å². The highest BCUT2D eigenvalue weighted by atomic mass is 127. The standard InChI is InChI=1S/C16H17BrClN3O2.HI/c1-22-14-5-3-10(7-12(14)17)9-20-16(19)21-11-4-6-15(23-2)13(18)8-11;/h3-8H,9H2,1-2H3,(H3,19,20,21);1H. The Labute approximate surface area is 171 Å². The summed E-state index contributed by atoms with van der Waals surface area (Å²) in [6, 6.07) is 11.1. The van der Waals surface area contributed by atoms with Crippen molar-refractivity contribution in [3.8, 4) is 11.5 Å². The van der Waals surface area contributed by atoms with Gasteiger partial charge in [-0.3, -0.25) is 0 Å². The van der Waals surface area contributed by atoms with E-state index in [4.69, 9.17) is 26.8 Å². The molecule has 0 saturated heterocycles. The third kappa shape index (κ3) is 5.71. The lowest BCUT2D eigenvalue weighted by Crippen LogP contribution is -2.22. The number of nitrogens with one attached hydrogen (secondary N) is 1. The monoisotopic (exact) mass is 525 g/mol. The van der Waals surface area contributed by atoms with Gasteiger partial charge in [-0.25, -0.2) is 4.99 Å². The second-order valence-corrected chi connectivity index (χ2v) is 5.91. The Balaban J connectivity index is 0.00000288. The Kier molecular flexibility index (Phi) is 8.65. The van der Waals surface area contributed by atoms with Crippen LogP contribution in [-0.4, -0.2) is 20.2 Å². The van der Waals surface area contributed by atoms with Crippen molar-refractivity contribution in [1.29, 1.82) is 0 Å². The zero-order valence-corrected chi connectivity index (χ0v) is 17.8. The number of methoxy groups -OCH3 is 2. The molecule has 0 atom stereocenters. The number of rotatable bonds is 5. The Bertz CT molecular complexity index is 728. The Hall–Kier alpha value is -1.19. The lowest BCUT2D eigenvalue weighted by Gasteiger charge is -2.09. The van der Waals surface area contributed by atoms with Crippen LogP contribution in [0.3, 0.4) is 0 Å². The molecule has 3 N–H and O–H groups in total. The molecular formula is C16H18BrClIN3O2. The third-order valence-electron chi connectivity index (χ3n) is 3.07. The quantitative estimate of drug-likeness (QED) is 0.338. The maximum atomic E-state index is 6.07. The second-order valence-electron chi connectivity index (χ2n) is 4.64. The zero-order valence-electron chi connectivity index (χ0n) is 13.2. The van der Waals surface area contributed by atoms with Crippen molar-refractivity contribution in [3.05, 3.63) is 51.5 Å². The first kappa shape index (κ1) is 20.9. The Morgan fingerprint density at radius 2 is 1.83 bits per heavy atom. The van der Waals surface area contributed by atoms with Crippen molar-refractivity contribution in [1.82, 2.24) is 0 Å². The molecule has 0 unspecified atom stereocenters. The van der Waals surface area contributed by atoms with E-state index in [1.807, 2.05) is 24.3 Å². The van der Waals surface area contributed by atoms with Gasteiger partial charge in [0.05, 0.1) is 30.3 Å². The highest BCUT2D eigenvalue weighted by molar-refractivity contribution is 14.0. The third-order valence-corrected chi connectivity index (χ3v) is 3.99. The van der Waals surface area contributed by atoms with Gasteiger partial charge < -0.3 is 20.5 Å². The normalized spacial score (nSPS) is 10.8. The smallest absolute Gasteiger partial charge is 0.193 e. The minimum Gasteiger partial charge on any atom is -0.496 e. The van der Waals surface area contributed by atoms with Gasteiger partial charge >= 0.3 is 0 Å². The molecule has 24 heavy (non-hydrogen) atoms. The molecule has 130 valence electrons. The number of ether oxygens (including phenoxy) is 2. The first-order valence-corrected chi connectivity index (χ1v) is 7.93. The van der Waals surface area contributed by atoms with E-state index in [0.29, 0.717) is 23.3 Å². The molecule has 0 aliphatic rings. The predicted octanol–water partition coefficient (Wildman–Crippen LogP) is 4.66. The van der Waals surface area contributed by atoms with Gasteiger partial charge in [0.1, 0.15) is 11.5 Å². The maximum Gasteiger partial charge on any atom is 0.193 e. The molecule has 5 nitrogen and oxygen atoms in total. The molecule has 0 aliphatic carbocycles. The summed E-state index contributed by atoms with van der Waals surface area (Å²) in [5.74, 6) is 1.69. The minimum absolute atomic E-state index is 0. The average Bonchev–Trinajstić information content (AvgIpc) is 2.53. The fourth-order valence-electron chi connectivity index (χ4n) is 1.92. The van der Waals surface area contributed by atoms with Crippen molar-refractivity contribution < 1.29 is 9.47 Å². The Morgan fingerprint density at radius 1 is 1.17 bits per heavy atom. The van der Waals surface area contributed by atoms with E-state index in [2.05, 4.69) is 26.2 Å². The first-order valence-electron chi connectivity index (χ1n) is 6.76. The van der Waals surface area contributed by atoms with Crippen LogP contribution < -0.4 is 20.5 Å². The first-order chi connectivity index (χ1) is 11.0. The van der Waals surface area contributed by atoms with Gasteiger partial charge in [0.25, 0.3) is 0 Å². The molecule has 0 aromatic heterocycles. The van der Waals surface area contributed by atoms with Gasteiger partial charge in [0.15, 0.2) is 5.96 Å². The zero-order chi connectivity index (χ0) is 16.8. The molecule has 8 heteroatoms. The van der Waals surface area contributed by atoms with E-state index < -0.39 is 0 Å². The van der Waals surface area contributed by atoms with Crippen LogP contribution in [0.4, 0.5) is 5.69 Å². The van der Waals surface area contributed by atoms with Crippen LogP contribution in [0.25, 0.3) is 0 Å². The highest BCUT2D eigenvalue weighted by Gasteiger charge is 2.04. The topological polar surface area (TPSA) is 68.9 Å². The lowest BCUT2D eigenvalue weighted by atomic mass is 10.2. The fraction of sp³-hybridized carbons (Fsp3) is 0.188. The molecule has 0 amide bonds. The number of hydrogen-bond donors (Lipinski definition) is 2. The van der Waals surface area contributed by atoms with Gasteiger partial charge in [0.2, 0.25) is 0 Å². The van der Waals surface area contributed by atoms with Gasteiger partial charge in [0, 0.05) is 5.69 Å². The molecule has 2 aromatic rings. The molecule has 2 aromatic carbocycles. The molecular weight excluding hydrogens is 508 g/mol. The van der Waals surface area contributed by atoms with Crippen molar-refractivity contribution in [2.45, 2.75) is 6.54 Å². The van der Waals surface area contributed by atoms with Crippen LogP contribution in [0.1, 0.15) is 5.56 Å². The molecule has 0 saturated carbocycles. The summed E-state index contributed by atoms with van der Waals surface area (Å²) in [7, 11) is 3.19. The molecule has 0 spiro atoms. The second kappa shape index (κ2) is 9.95. The minimum atomic E-state index is 0. The molecule has 0 fully saturated rings. The van der Waals surface area contributed by atoms with E-state index in [1.54, 1.807) is 26.4 Å². The number of hydrogen-bond acceptors (Lipinski definition) is 3. The summed E-state index contributed by atoms with van der Waals surface area (Å²) >= 11 is 9.51. The van der Waals surface area contributed by atoms with Crippen LogP contribution in [0.5, 0.6) is 11.5 Å². The van der Waals surface area contributed by atoms with Crippen LogP contribution in [0, 0.1) is 0 Å². The molecule has 2 rings (SSSR count). The number of nitrogens with two attached hydrogens (primary N) is 1. The summed E-state index contributed by atoms with van der Waals surface area (Å²) in [6.45, 7) is 0.450. The SMILES string of the molecule is COc1ccc(NC(N)=NCc2ccc(OC)c(Br)c2)cc1Cl.I. The van der Waals surface area contributed by atoms with E-state index in [-0.39, 0.29) is 24.0 Å². The van der Waals surface area contributed by atoms with E-state index >= 15 is 0 Å². The molecule has 0 bridgehead atoms. The average molecular weight is 527 g/mol. The summed E-state index contributed by atoms with van der Waals surface area (Å²) in [6.07, 6.45) is 0. The van der Waals surface area contributed by atoms with Crippen molar-refractivity contribution in [3.63, 3.8) is 0 Å². The van der Waals surface area contributed by atoms with Crippen LogP contribution in [-0.2, 0) is 6.54 Å². The van der Waals surface area contributed by atoms with Gasteiger partial charge in [-0.1, -0.05) is 17.7 Å². The molecule has 0 aliphatic heterocycles. The van der Waals surface area contributed by atoms with Gasteiger partial charge in [-0.05, 0) is 51.8 Å². The number of halogens is 3. The number of guanidine groups is 1. The van der Waals surface area contributed by atoms with Crippen LogP contribution >= 0.6 is 51.5 Å². The largest absolute Gasteiger partial charge is 0.496 e. The summed E-state index contributed by atoms with van der Waals surface area (Å²) in [5.41, 5.74) is 7.65. The highest BCUT2D eigenvalue weighted by Crippen LogP contribution is 2.27. The number of benzene rings is 2. The van der Waals surface area contributed by atoms with Crippen molar-refractivity contribution in [2.24, 2.45) is 10.7 Å². The van der Waals surface area contributed by atoms with Gasteiger partial charge in [-0.15, -0.1) is 24.0 Å². The van der Waals surface area contributed by atoms with Crippen molar-refractivity contribution in [2.75, 3.05) is 19.5 Å². The lowest BCUT2D eigenvalue weighted by molar-refractivity contribution is 0.412. The summed E-state index contributed by atoms with van der Waals surface area (Å²) < 4.78 is 11.2. The maximum absolute atomic E-state index is 6.07. The summed E-state index contributed by atoms with van der Waals surface area (Å²) in [5, 5.41) is 3.50. The predicted molar refractivity (Wildman–Crippen MR) is 113 cm³/mol. The van der Waals surface area contributed by atoms with E-state index in [9.17, 15) is 0 Å². The number of anilines is 1. The van der Waals surface area contributed by atoms with Crippen LogP contribution in [0.15, 0.2) is 45.9 Å². The van der Waals surface area contributed by atoms with E-state index in [1.165, 1.54) is 0 Å². The number of aliphatic imine (C=N–C) groups is 1.